The molecule has 1 fully saturated rings. The number of benzene rings is 1. The number of aromatic nitrogens is 3. The molecule has 132 valence electrons. The van der Waals surface area contributed by atoms with Crippen LogP contribution in [0.1, 0.15) is 42.1 Å². The van der Waals surface area contributed by atoms with Gasteiger partial charge in [-0.15, -0.1) is 5.10 Å². The summed E-state index contributed by atoms with van der Waals surface area (Å²) in [4.78, 5) is 8.46. The number of piperidine rings is 1. The molecule has 2 aromatic heterocycles. The zero-order valence-corrected chi connectivity index (χ0v) is 15.9. The lowest BCUT2D eigenvalue weighted by Crippen LogP contribution is -2.37. The molecule has 0 amide bonds. The van der Waals surface area contributed by atoms with E-state index in [-0.39, 0.29) is 11.9 Å². The fourth-order valence-electron chi connectivity index (χ4n) is 3.69. The summed E-state index contributed by atoms with van der Waals surface area (Å²) < 4.78 is 1.54. The molecule has 1 saturated heterocycles. The van der Waals surface area contributed by atoms with E-state index in [1.165, 1.54) is 24.2 Å². The standard InChI is InChI=1S/C18H21ClN4OS/c1-11-5-4-8-22(10-11)15(13-6-3-7-14(19)9-13)16-17(24)23-18(25-16)20-12(2)21-23/h3,6-7,9,11,15,24H,4-5,8,10H2,1-2H3/t11-,15-/m0/s1. The normalized spacial score (nSPS) is 20.2. The van der Waals surface area contributed by atoms with E-state index in [0.29, 0.717) is 16.8 Å². The third-order valence-electron chi connectivity index (χ3n) is 4.77. The number of nitrogens with zero attached hydrogens (tertiary/aromatic N) is 4. The summed E-state index contributed by atoms with van der Waals surface area (Å²) in [6.45, 7) is 6.13. The molecule has 3 heterocycles. The van der Waals surface area contributed by atoms with Gasteiger partial charge in [0, 0.05) is 11.6 Å². The molecule has 1 aliphatic rings. The Bertz CT molecular complexity index is 906. The van der Waals surface area contributed by atoms with E-state index < -0.39 is 0 Å². The first-order chi connectivity index (χ1) is 12.0. The Morgan fingerprint density at radius 3 is 2.96 bits per heavy atom. The van der Waals surface area contributed by atoms with Gasteiger partial charge in [0.2, 0.25) is 10.8 Å². The van der Waals surface area contributed by atoms with Gasteiger partial charge in [-0.05, 0) is 49.9 Å². The molecule has 0 radical (unpaired) electrons. The number of aryl methyl sites for hydroxylation is 1. The van der Waals surface area contributed by atoms with Crippen LogP contribution >= 0.6 is 22.9 Å². The van der Waals surface area contributed by atoms with Gasteiger partial charge in [0.05, 0.1) is 10.9 Å². The first-order valence-corrected chi connectivity index (χ1v) is 9.77. The molecule has 25 heavy (non-hydrogen) atoms. The number of aromatic hydroxyl groups is 1. The third kappa shape index (κ3) is 3.14. The molecule has 0 saturated carbocycles. The van der Waals surface area contributed by atoms with Crippen molar-refractivity contribution in [3.63, 3.8) is 0 Å². The maximum absolute atomic E-state index is 10.8. The second-order valence-corrected chi connectivity index (χ2v) is 8.29. The van der Waals surface area contributed by atoms with E-state index in [0.717, 1.165) is 28.5 Å². The van der Waals surface area contributed by atoms with Gasteiger partial charge >= 0.3 is 0 Å². The molecule has 5 nitrogen and oxygen atoms in total. The predicted octanol–water partition coefficient (Wildman–Crippen LogP) is 4.28. The lowest BCUT2D eigenvalue weighted by atomic mass is 9.95. The van der Waals surface area contributed by atoms with Gasteiger partial charge < -0.3 is 5.11 Å². The Morgan fingerprint density at radius 2 is 2.24 bits per heavy atom. The molecule has 4 rings (SSSR count). The molecule has 2 atom stereocenters. The summed E-state index contributed by atoms with van der Waals surface area (Å²) >= 11 is 7.76. The monoisotopic (exact) mass is 376 g/mol. The van der Waals surface area contributed by atoms with Crippen LogP contribution in [0.4, 0.5) is 0 Å². The van der Waals surface area contributed by atoms with Crippen LogP contribution in [0.3, 0.4) is 0 Å². The molecular formula is C18H21ClN4OS. The molecule has 1 aromatic carbocycles. The van der Waals surface area contributed by atoms with Crippen LogP contribution in [0.5, 0.6) is 5.88 Å². The minimum Gasteiger partial charge on any atom is -0.492 e. The lowest BCUT2D eigenvalue weighted by molar-refractivity contribution is 0.149. The maximum atomic E-state index is 10.8. The van der Waals surface area contributed by atoms with E-state index in [4.69, 9.17) is 11.6 Å². The summed E-state index contributed by atoms with van der Waals surface area (Å²) in [6.07, 6.45) is 2.41. The highest BCUT2D eigenvalue weighted by Crippen LogP contribution is 2.41. The van der Waals surface area contributed by atoms with E-state index in [1.54, 1.807) is 4.52 Å². The van der Waals surface area contributed by atoms with Gasteiger partial charge in [0.25, 0.3) is 0 Å². The van der Waals surface area contributed by atoms with Gasteiger partial charge in [-0.3, -0.25) is 4.90 Å². The number of fused-ring (bicyclic) bond motifs is 1. The topological polar surface area (TPSA) is 53.7 Å². The van der Waals surface area contributed by atoms with Crippen LogP contribution in [0, 0.1) is 12.8 Å². The second kappa shape index (κ2) is 6.59. The highest BCUT2D eigenvalue weighted by atomic mass is 35.5. The third-order valence-corrected chi connectivity index (χ3v) is 6.08. The Morgan fingerprint density at radius 1 is 1.40 bits per heavy atom. The van der Waals surface area contributed by atoms with Crippen molar-refractivity contribution in [2.24, 2.45) is 5.92 Å². The van der Waals surface area contributed by atoms with Crippen molar-refractivity contribution >= 4 is 27.9 Å². The predicted molar refractivity (Wildman–Crippen MR) is 101 cm³/mol. The Labute approximate surface area is 155 Å². The zero-order chi connectivity index (χ0) is 17.6. The summed E-state index contributed by atoms with van der Waals surface area (Å²) in [5, 5.41) is 15.8. The lowest BCUT2D eigenvalue weighted by Gasteiger charge is -2.37. The van der Waals surface area contributed by atoms with Crippen molar-refractivity contribution in [1.82, 2.24) is 19.5 Å². The molecule has 1 N–H and O–H groups in total. The van der Waals surface area contributed by atoms with Gasteiger partial charge in [0.15, 0.2) is 0 Å². The molecular weight excluding hydrogens is 356 g/mol. The highest BCUT2D eigenvalue weighted by Gasteiger charge is 2.31. The van der Waals surface area contributed by atoms with Crippen LogP contribution < -0.4 is 0 Å². The Hall–Kier alpha value is -1.63. The number of hydrogen-bond donors (Lipinski definition) is 1. The van der Waals surface area contributed by atoms with E-state index in [2.05, 4.69) is 28.0 Å². The number of rotatable bonds is 3. The first-order valence-electron chi connectivity index (χ1n) is 8.57. The highest BCUT2D eigenvalue weighted by molar-refractivity contribution is 7.17. The van der Waals surface area contributed by atoms with Crippen LogP contribution in [-0.4, -0.2) is 37.7 Å². The van der Waals surface area contributed by atoms with Crippen molar-refractivity contribution in [3.05, 3.63) is 45.6 Å². The van der Waals surface area contributed by atoms with Gasteiger partial charge in [-0.25, -0.2) is 4.98 Å². The zero-order valence-electron chi connectivity index (χ0n) is 14.3. The van der Waals surface area contributed by atoms with Gasteiger partial charge in [-0.1, -0.05) is 42.0 Å². The minimum atomic E-state index is -0.0322. The summed E-state index contributed by atoms with van der Waals surface area (Å²) in [5.41, 5.74) is 1.10. The van der Waals surface area contributed by atoms with Crippen molar-refractivity contribution in [3.8, 4) is 5.88 Å². The number of likely N-dealkylation sites (tertiary alicyclic amines) is 1. The van der Waals surface area contributed by atoms with E-state index >= 15 is 0 Å². The summed E-state index contributed by atoms with van der Waals surface area (Å²) in [7, 11) is 0. The second-order valence-electron chi connectivity index (χ2n) is 6.84. The quantitative estimate of drug-likeness (QED) is 0.741. The number of hydrogen-bond acceptors (Lipinski definition) is 5. The average molecular weight is 377 g/mol. The van der Waals surface area contributed by atoms with Crippen molar-refractivity contribution in [2.75, 3.05) is 13.1 Å². The van der Waals surface area contributed by atoms with Crippen molar-refractivity contribution < 1.29 is 5.11 Å². The van der Waals surface area contributed by atoms with Crippen molar-refractivity contribution in [2.45, 2.75) is 32.7 Å². The SMILES string of the molecule is Cc1nc2sc([C@H](c3cccc(Cl)c3)N3CCC[C@H](C)C3)c(O)n2n1. The van der Waals surface area contributed by atoms with E-state index in [1.807, 2.05) is 25.1 Å². The van der Waals surface area contributed by atoms with Crippen LogP contribution in [0.15, 0.2) is 24.3 Å². The van der Waals surface area contributed by atoms with Crippen LogP contribution in [-0.2, 0) is 0 Å². The molecule has 0 spiro atoms. The van der Waals surface area contributed by atoms with Gasteiger partial charge in [0.1, 0.15) is 5.82 Å². The largest absolute Gasteiger partial charge is 0.492 e. The average Bonchev–Trinajstić information content (AvgIpc) is 3.06. The number of halogens is 1. The van der Waals surface area contributed by atoms with Crippen LogP contribution in [0.2, 0.25) is 5.02 Å². The van der Waals surface area contributed by atoms with Crippen molar-refractivity contribution in [1.29, 1.82) is 0 Å². The molecule has 0 aliphatic carbocycles. The minimum absolute atomic E-state index is 0.0322. The van der Waals surface area contributed by atoms with Crippen LogP contribution in [0.25, 0.3) is 4.96 Å². The summed E-state index contributed by atoms with van der Waals surface area (Å²) in [6, 6.07) is 7.89. The molecule has 7 heteroatoms. The Kier molecular flexibility index (Phi) is 4.43. The molecule has 3 aromatic rings. The Balaban J connectivity index is 1.83. The fourth-order valence-corrected chi connectivity index (χ4v) is 5.05. The van der Waals surface area contributed by atoms with E-state index in [9.17, 15) is 5.11 Å². The maximum Gasteiger partial charge on any atom is 0.230 e. The fraction of sp³-hybridized carbons (Fsp3) is 0.444. The first kappa shape index (κ1) is 16.8. The molecule has 0 bridgehead atoms. The molecule has 1 aliphatic heterocycles. The summed E-state index contributed by atoms with van der Waals surface area (Å²) in [5.74, 6) is 1.49. The van der Waals surface area contributed by atoms with Gasteiger partial charge in [-0.2, -0.15) is 4.52 Å². The smallest absolute Gasteiger partial charge is 0.230 e. The number of thiazole rings is 1. The molecule has 0 unspecified atom stereocenters.